The highest BCUT2D eigenvalue weighted by molar-refractivity contribution is 7.89. The van der Waals surface area contributed by atoms with E-state index in [2.05, 4.69) is 0 Å². The maximum atomic E-state index is 14.0. The van der Waals surface area contributed by atoms with Gasteiger partial charge in [0.1, 0.15) is 11.8 Å². The Bertz CT molecular complexity index is 1370. The molecule has 0 bridgehead atoms. The lowest BCUT2D eigenvalue weighted by Crippen LogP contribution is -2.64. The largest absolute Gasteiger partial charge is 0.480 e. The standard InChI is InChI=1S/C24H21ClF2N2O5S.ClH/c25-17-5-7-18(8-6-17)34-24(16-4-9-20(26)21(27)12-16)13-29(14-24)35(32,33)19-3-1-2-15(10-19)11-22(28)23(30)31;/h1-10,12,22H,11,13-14,28H2,(H,30,31);1H/t22-;/m0./s1. The van der Waals surface area contributed by atoms with Gasteiger partial charge in [0.25, 0.3) is 0 Å². The van der Waals surface area contributed by atoms with Crippen LogP contribution < -0.4 is 10.5 Å². The molecule has 12 heteroatoms. The number of nitrogens with two attached hydrogens (primary N) is 1. The van der Waals surface area contributed by atoms with Gasteiger partial charge in [-0.25, -0.2) is 17.2 Å². The molecule has 3 aromatic carbocycles. The Balaban J connectivity index is 0.00000361. The average molecular weight is 559 g/mol. The summed E-state index contributed by atoms with van der Waals surface area (Å²) in [6.45, 7) is -0.330. The molecule has 1 heterocycles. The summed E-state index contributed by atoms with van der Waals surface area (Å²) in [6, 6.07) is 14.4. The molecule has 3 N–H and O–H groups in total. The number of halogens is 4. The molecule has 0 amide bonds. The van der Waals surface area contributed by atoms with E-state index in [4.69, 9.17) is 27.2 Å². The molecule has 7 nitrogen and oxygen atoms in total. The van der Waals surface area contributed by atoms with Gasteiger partial charge in [0.05, 0.1) is 18.0 Å². The second kappa shape index (κ2) is 10.7. The summed E-state index contributed by atoms with van der Waals surface area (Å²) in [4.78, 5) is 11.0. The first-order valence-corrected chi connectivity index (χ1v) is 12.3. The van der Waals surface area contributed by atoms with E-state index in [1.165, 1.54) is 24.3 Å². The predicted octanol–water partition coefficient (Wildman–Crippen LogP) is 3.97. The summed E-state index contributed by atoms with van der Waals surface area (Å²) in [5.74, 6) is -2.93. The molecule has 0 aliphatic carbocycles. The third-order valence-corrected chi connectivity index (χ3v) is 7.78. The third-order valence-electron chi connectivity index (χ3n) is 5.75. The van der Waals surface area contributed by atoms with Gasteiger partial charge in [-0.3, -0.25) is 4.79 Å². The van der Waals surface area contributed by atoms with Crippen LogP contribution in [0.4, 0.5) is 8.78 Å². The molecule has 0 saturated carbocycles. The maximum absolute atomic E-state index is 14.0. The van der Waals surface area contributed by atoms with E-state index in [0.29, 0.717) is 16.3 Å². The molecule has 1 aliphatic heterocycles. The maximum Gasteiger partial charge on any atom is 0.320 e. The van der Waals surface area contributed by atoms with Crippen LogP contribution in [-0.4, -0.2) is 42.9 Å². The minimum absolute atomic E-state index is 0. The Morgan fingerprint density at radius 3 is 2.36 bits per heavy atom. The SMILES string of the molecule is Cl.N[C@@H](Cc1cccc(S(=O)(=O)N2CC(Oc3ccc(Cl)cc3)(c3ccc(F)c(F)c3)C2)c1)C(=O)O. The van der Waals surface area contributed by atoms with Crippen molar-refractivity contribution in [2.75, 3.05) is 13.1 Å². The zero-order valence-corrected chi connectivity index (χ0v) is 21.0. The van der Waals surface area contributed by atoms with Crippen molar-refractivity contribution in [1.29, 1.82) is 0 Å². The number of carboxylic acid groups (broad SMARTS) is 1. The molecule has 0 radical (unpaired) electrons. The van der Waals surface area contributed by atoms with E-state index in [1.807, 2.05) is 0 Å². The second-order valence-corrected chi connectivity index (χ2v) is 10.6. The lowest BCUT2D eigenvalue weighted by atomic mass is 9.87. The van der Waals surface area contributed by atoms with Crippen molar-refractivity contribution in [1.82, 2.24) is 4.31 Å². The van der Waals surface area contributed by atoms with Gasteiger partial charge in [-0.05, 0) is 60.5 Å². The minimum Gasteiger partial charge on any atom is -0.480 e. The molecular formula is C24H22Cl2F2N2O5S. The summed E-state index contributed by atoms with van der Waals surface area (Å²) in [6.07, 6.45) is -0.0445. The van der Waals surface area contributed by atoms with Crippen molar-refractivity contribution >= 4 is 40.0 Å². The fraction of sp³-hybridized carbons (Fsp3) is 0.208. The van der Waals surface area contributed by atoms with Crippen LogP contribution in [0.2, 0.25) is 5.02 Å². The van der Waals surface area contributed by atoms with Gasteiger partial charge in [-0.2, -0.15) is 4.31 Å². The van der Waals surface area contributed by atoms with Crippen LogP contribution in [0.15, 0.2) is 71.6 Å². The molecule has 3 aromatic rings. The fourth-order valence-electron chi connectivity index (χ4n) is 3.83. The number of ether oxygens (including phenoxy) is 1. The molecule has 1 atom stereocenters. The number of hydrogen-bond acceptors (Lipinski definition) is 5. The second-order valence-electron chi connectivity index (χ2n) is 8.25. The average Bonchev–Trinajstić information content (AvgIpc) is 2.79. The van der Waals surface area contributed by atoms with E-state index in [9.17, 15) is 22.0 Å². The van der Waals surface area contributed by atoms with E-state index in [-0.39, 0.29) is 42.4 Å². The summed E-state index contributed by atoms with van der Waals surface area (Å²) in [5, 5.41) is 9.50. The number of carbonyl (C=O) groups is 1. The molecular weight excluding hydrogens is 537 g/mol. The van der Waals surface area contributed by atoms with E-state index < -0.39 is 39.3 Å². The summed E-state index contributed by atoms with van der Waals surface area (Å²) in [5.41, 5.74) is 5.03. The van der Waals surface area contributed by atoms with Crippen molar-refractivity contribution in [3.05, 3.63) is 94.5 Å². The number of hydrogen-bond donors (Lipinski definition) is 2. The molecule has 0 spiro atoms. The molecule has 0 aromatic heterocycles. The molecule has 192 valence electrons. The Labute approximate surface area is 217 Å². The molecule has 1 fully saturated rings. The van der Waals surface area contributed by atoms with Gasteiger partial charge in [-0.15, -0.1) is 12.4 Å². The Hall–Kier alpha value is -2.76. The number of benzene rings is 3. The molecule has 4 rings (SSSR count). The normalized spacial score (nSPS) is 15.9. The van der Waals surface area contributed by atoms with Crippen LogP contribution in [0.5, 0.6) is 5.75 Å². The van der Waals surface area contributed by atoms with Crippen molar-refractivity contribution < 1.29 is 31.8 Å². The van der Waals surface area contributed by atoms with Crippen LogP contribution in [0.3, 0.4) is 0 Å². The van der Waals surface area contributed by atoms with Crippen molar-refractivity contribution in [3.8, 4) is 5.75 Å². The highest BCUT2D eigenvalue weighted by Gasteiger charge is 2.52. The predicted molar refractivity (Wildman–Crippen MR) is 132 cm³/mol. The number of carboxylic acids is 1. The first-order chi connectivity index (χ1) is 16.5. The molecule has 0 unspecified atom stereocenters. The quantitative estimate of drug-likeness (QED) is 0.432. The zero-order valence-electron chi connectivity index (χ0n) is 18.6. The van der Waals surface area contributed by atoms with Gasteiger partial charge in [0.2, 0.25) is 10.0 Å². The van der Waals surface area contributed by atoms with Crippen LogP contribution in [0.25, 0.3) is 0 Å². The Morgan fingerprint density at radius 2 is 1.75 bits per heavy atom. The lowest BCUT2D eigenvalue weighted by molar-refractivity contribution is -0.138. The van der Waals surface area contributed by atoms with E-state index >= 15 is 0 Å². The Kier molecular flexibility index (Phi) is 8.27. The van der Waals surface area contributed by atoms with Gasteiger partial charge in [0.15, 0.2) is 17.2 Å². The van der Waals surface area contributed by atoms with E-state index in [0.717, 1.165) is 16.4 Å². The van der Waals surface area contributed by atoms with Gasteiger partial charge < -0.3 is 15.6 Å². The topological polar surface area (TPSA) is 110 Å². The summed E-state index contributed by atoms with van der Waals surface area (Å²) < 4.78 is 61.4. The highest BCUT2D eigenvalue weighted by atomic mass is 35.5. The number of sulfonamides is 1. The van der Waals surface area contributed by atoms with Gasteiger partial charge in [0, 0.05) is 10.6 Å². The highest BCUT2D eigenvalue weighted by Crippen LogP contribution is 2.40. The summed E-state index contributed by atoms with van der Waals surface area (Å²) in [7, 11) is -4.00. The van der Waals surface area contributed by atoms with Crippen molar-refractivity contribution in [3.63, 3.8) is 0 Å². The Morgan fingerprint density at radius 1 is 1.08 bits per heavy atom. The van der Waals surface area contributed by atoms with Crippen LogP contribution in [-0.2, 0) is 26.8 Å². The monoisotopic (exact) mass is 558 g/mol. The lowest BCUT2D eigenvalue weighted by Gasteiger charge is -2.48. The number of nitrogens with zero attached hydrogens (tertiary/aromatic N) is 1. The first kappa shape index (κ1) is 27.8. The van der Waals surface area contributed by atoms with Crippen LogP contribution in [0, 0.1) is 11.6 Å². The smallest absolute Gasteiger partial charge is 0.320 e. The number of aliphatic carboxylic acids is 1. The first-order valence-electron chi connectivity index (χ1n) is 10.5. The zero-order chi connectivity index (χ0) is 25.4. The number of rotatable bonds is 8. The van der Waals surface area contributed by atoms with Crippen LogP contribution >= 0.6 is 24.0 Å². The molecule has 1 saturated heterocycles. The van der Waals surface area contributed by atoms with Crippen LogP contribution in [0.1, 0.15) is 11.1 Å². The van der Waals surface area contributed by atoms with Crippen molar-refractivity contribution in [2.24, 2.45) is 5.73 Å². The third kappa shape index (κ3) is 5.63. The minimum atomic E-state index is -4.00. The molecule has 1 aliphatic rings. The van der Waals surface area contributed by atoms with Crippen molar-refractivity contribution in [2.45, 2.75) is 23.0 Å². The van der Waals surface area contributed by atoms with Gasteiger partial charge in [-0.1, -0.05) is 29.8 Å². The summed E-state index contributed by atoms with van der Waals surface area (Å²) >= 11 is 5.92. The van der Waals surface area contributed by atoms with Gasteiger partial charge >= 0.3 is 5.97 Å². The molecule has 36 heavy (non-hydrogen) atoms. The fourth-order valence-corrected chi connectivity index (χ4v) is 5.56. The van der Waals surface area contributed by atoms with E-state index in [1.54, 1.807) is 30.3 Å².